The summed E-state index contributed by atoms with van der Waals surface area (Å²) in [5.74, 6) is 1.08. The van der Waals surface area contributed by atoms with Crippen molar-refractivity contribution in [2.45, 2.75) is 25.2 Å². The summed E-state index contributed by atoms with van der Waals surface area (Å²) in [5, 5.41) is 12.7. The van der Waals surface area contributed by atoms with E-state index in [-0.39, 0.29) is 5.91 Å². The van der Waals surface area contributed by atoms with Crippen molar-refractivity contribution in [1.29, 1.82) is 0 Å². The Morgan fingerprint density at radius 3 is 2.54 bits per heavy atom. The third kappa shape index (κ3) is 5.09. The number of benzene rings is 2. The van der Waals surface area contributed by atoms with Gasteiger partial charge in [0.1, 0.15) is 5.82 Å². The highest BCUT2D eigenvalue weighted by Gasteiger charge is 2.12. The lowest BCUT2D eigenvalue weighted by atomic mass is 10.2. The predicted molar refractivity (Wildman–Crippen MR) is 104 cm³/mol. The Morgan fingerprint density at radius 2 is 1.81 bits per heavy atom. The van der Waals surface area contributed by atoms with Crippen LogP contribution in [0.15, 0.2) is 59.8 Å². The molecule has 0 aliphatic rings. The van der Waals surface area contributed by atoms with Crippen LogP contribution in [-0.4, -0.2) is 26.4 Å². The minimum absolute atomic E-state index is 0.0446. The Labute approximate surface area is 161 Å². The number of carbonyl (C=O) groups excluding carboxylic acids is 1. The zero-order chi connectivity index (χ0) is 18.4. The van der Waals surface area contributed by atoms with Gasteiger partial charge >= 0.3 is 0 Å². The van der Waals surface area contributed by atoms with Crippen LogP contribution in [0.5, 0.6) is 0 Å². The number of hydrogen-bond acceptors (Lipinski definition) is 4. The van der Waals surface area contributed by atoms with Crippen LogP contribution >= 0.6 is 23.4 Å². The standard InChI is InChI=1S/C19H19ClN4OS/c1-14-22-23-19(24(14)12-16-5-3-2-4-6-16)26-13-18(25)21-11-15-7-9-17(20)10-8-15/h2-10H,11-13H2,1H3,(H,21,25). The summed E-state index contributed by atoms with van der Waals surface area (Å²) in [7, 11) is 0. The normalized spacial score (nSPS) is 10.7. The first-order valence-corrected chi connectivity index (χ1v) is 9.56. The van der Waals surface area contributed by atoms with Crippen LogP contribution in [0.2, 0.25) is 5.02 Å². The zero-order valence-corrected chi connectivity index (χ0v) is 15.9. The van der Waals surface area contributed by atoms with Crippen molar-refractivity contribution in [3.8, 4) is 0 Å². The number of aryl methyl sites for hydroxylation is 1. The van der Waals surface area contributed by atoms with Crippen LogP contribution in [0, 0.1) is 6.92 Å². The van der Waals surface area contributed by atoms with E-state index in [1.807, 2.05) is 54.0 Å². The van der Waals surface area contributed by atoms with Crippen molar-refractivity contribution < 1.29 is 4.79 Å². The molecule has 0 fully saturated rings. The fourth-order valence-corrected chi connectivity index (χ4v) is 3.34. The molecule has 1 N–H and O–H groups in total. The van der Waals surface area contributed by atoms with Gasteiger partial charge in [0, 0.05) is 11.6 Å². The first kappa shape index (κ1) is 18.5. The average molecular weight is 387 g/mol. The molecule has 26 heavy (non-hydrogen) atoms. The molecule has 0 radical (unpaired) electrons. The van der Waals surface area contributed by atoms with Crippen LogP contribution in [-0.2, 0) is 17.9 Å². The molecule has 7 heteroatoms. The van der Waals surface area contributed by atoms with E-state index < -0.39 is 0 Å². The number of carbonyl (C=O) groups is 1. The Bertz CT molecular complexity index is 865. The second kappa shape index (κ2) is 8.87. The first-order valence-electron chi connectivity index (χ1n) is 8.19. The number of amides is 1. The van der Waals surface area contributed by atoms with Crippen molar-refractivity contribution in [3.63, 3.8) is 0 Å². The third-order valence-corrected chi connectivity index (χ3v) is 5.04. The Kier molecular flexibility index (Phi) is 6.30. The lowest BCUT2D eigenvalue weighted by Crippen LogP contribution is -2.24. The molecule has 0 saturated heterocycles. The number of nitrogens with zero attached hydrogens (tertiary/aromatic N) is 3. The largest absolute Gasteiger partial charge is 0.351 e. The monoisotopic (exact) mass is 386 g/mol. The molecule has 1 amide bonds. The molecular weight excluding hydrogens is 368 g/mol. The number of nitrogens with one attached hydrogen (secondary N) is 1. The van der Waals surface area contributed by atoms with E-state index in [4.69, 9.17) is 11.6 Å². The Balaban J connectivity index is 1.54. The predicted octanol–water partition coefficient (Wildman–Crippen LogP) is 3.70. The van der Waals surface area contributed by atoms with Gasteiger partial charge in [-0.3, -0.25) is 4.79 Å². The van der Waals surface area contributed by atoms with Gasteiger partial charge in [0.15, 0.2) is 5.16 Å². The molecule has 5 nitrogen and oxygen atoms in total. The third-order valence-electron chi connectivity index (χ3n) is 3.82. The summed E-state index contributed by atoms with van der Waals surface area (Å²) < 4.78 is 2.02. The van der Waals surface area contributed by atoms with Gasteiger partial charge in [-0.15, -0.1) is 10.2 Å². The Hall–Kier alpha value is -2.31. The number of thioether (sulfide) groups is 1. The van der Waals surface area contributed by atoms with E-state index in [1.165, 1.54) is 17.3 Å². The summed E-state index contributed by atoms with van der Waals surface area (Å²) in [6.45, 7) is 3.08. The second-order valence-electron chi connectivity index (χ2n) is 5.79. The van der Waals surface area contributed by atoms with Crippen LogP contribution in [0.3, 0.4) is 0 Å². The summed E-state index contributed by atoms with van der Waals surface area (Å²) in [6, 6.07) is 17.5. The zero-order valence-electron chi connectivity index (χ0n) is 14.4. The van der Waals surface area contributed by atoms with Gasteiger partial charge in [-0.05, 0) is 30.2 Å². The van der Waals surface area contributed by atoms with Crippen molar-refractivity contribution in [3.05, 3.63) is 76.6 Å². The van der Waals surface area contributed by atoms with Gasteiger partial charge in [-0.1, -0.05) is 65.8 Å². The molecule has 0 spiro atoms. The lowest BCUT2D eigenvalue weighted by Gasteiger charge is -2.09. The smallest absolute Gasteiger partial charge is 0.230 e. The first-order chi connectivity index (χ1) is 12.6. The maximum absolute atomic E-state index is 12.1. The van der Waals surface area contributed by atoms with Gasteiger partial charge < -0.3 is 9.88 Å². The SMILES string of the molecule is Cc1nnc(SCC(=O)NCc2ccc(Cl)cc2)n1Cc1ccccc1. The molecule has 0 saturated carbocycles. The molecular formula is C19H19ClN4OS. The van der Waals surface area contributed by atoms with Gasteiger partial charge in [-0.25, -0.2) is 0 Å². The highest BCUT2D eigenvalue weighted by molar-refractivity contribution is 7.99. The number of rotatable bonds is 7. The molecule has 2 aromatic carbocycles. The van der Waals surface area contributed by atoms with Crippen molar-refractivity contribution in [2.75, 3.05) is 5.75 Å². The molecule has 3 rings (SSSR count). The van der Waals surface area contributed by atoms with Crippen LogP contribution in [0.1, 0.15) is 17.0 Å². The van der Waals surface area contributed by atoms with E-state index in [0.717, 1.165) is 16.5 Å². The minimum Gasteiger partial charge on any atom is -0.351 e. The molecule has 0 bridgehead atoms. The fourth-order valence-electron chi connectivity index (χ4n) is 2.40. The molecule has 1 aromatic heterocycles. The highest BCUT2D eigenvalue weighted by Crippen LogP contribution is 2.18. The van der Waals surface area contributed by atoms with E-state index >= 15 is 0 Å². The average Bonchev–Trinajstić information content (AvgIpc) is 3.00. The minimum atomic E-state index is -0.0446. The van der Waals surface area contributed by atoms with Crippen molar-refractivity contribution in [2.24, 2.45) is 0 Å². The summed E-state index contributed by atoms with van der Waals surface area (Å²) in [4.78, 5) is 12.1. The van der Waals surface area contributed by atoms with E-state index in [0.29, 0.717) is 23.9 Å². The topological polar surface area (TPSA) is 59.8 Å². The quantitative estimate of drug-likeness (QED) is 0.629. The van der Waals surface area contributed by atoms with Gasteiger partial charge in [0.25, 0.3) is 0 Å². The summed E-state index contributed by atoms with van der Waals surface area (Å²) in [5.41, 5.74) is 2.18. The number of halogens is 1. The second-order valence-corrected chi connectivity index (χ2v) is 7.17. The Morgan fingerprint density at radius 1 is 1.08 bits per heavy atom. The molecule has 0 aliphatic heterocycles. The molecule has 0 atom stereocenters. The van der Waals surface area contributed by atoms with Crippen molar-refractivity contribution >= 4 is 29.3 Å². The van der Waals surface area contributed by atoms with Crippen LogP contribution < -0.4 is 5.32 Å². The highest BCUT2D eigenvalue weighted by atomic mass is 35.5. The van der Waals surface area contributed by atoms with E-state index in [9.17, 15) is 4.79 Å². The van der Waals surface area contributed by atoms with Gasteiger partial charge in [0.05, 0.1) is 12.3 Å². The molecule has 0 aliphatic carbocycles. The van der Waals surface area contributed by atoms with Crippen LogP contribution in [0.4, 0.5) is 0 Å². The molecule has 3 aromatic rings. The van der Waals surface area contributed by atoms with E-state index in [1.54, 1.807) is 0 Å². The molecule has 1 heterocycles. The van der Waals surface area contributed by atoms with Crippen molar-refractivity contribution in [1.82, 2.24) is 20.1 Å². The van der Waals surface area contributed by atoms with Gasteiger partial charge in [-0.2, -0.15) is 0 Å². The van der Waals surface area contributed by atoms with Gasteiger partial charge in [0.2, 0.25) is 5.91 Å². The maximum Gasteiger partial charge on any atom is 0.230 e. The summed E-state index contributed by atoms with van der Waals surface area (Å²) >= 11 is 7.25. The maximum atomic E-state index is 12.1. The number of aromatic nitrogens is 3. The summed E-state index contributed by atoms with van der Waals surface area (Å²) in [6.07, 6.45) is 0. The molecule has 134 valence electrons. The van der Waals surface area contributed by atoms with Crippen LogP contribution in [0.25, 0.3) is 0 Å². The molecule has 0 unspecified atom stereocenters. The fraction of sp³-hybridized carbons (Fsp3) is 0.211. The lowest BCUT2D eigenvalue weighted by molar-refractivity contribution is -0.118. The number of hydrogen-bond donors (Lipinski definition) is 1. The van der Waals surface area contributed by atoms with E-state index in [2.05, 4.69) is 27.6 Å².